The first-order valence-corrected chi connectivity index (χ1v) is 10.4. The molecule has 0 aliphatic carbocycles. The summed E-state index contributed by atoms with van der Waals surface area (Å²) in [7, 11) is 0. The Kier molecular flexibility index (Phi) is 4.35. The standard InChI is InChI=1S/C23H22N4O5/c1-2-23(31)15-8-18-20-11(9-27(18)21(29)14(15)10-32-22(23)30)7-13-12(3-6-19(25)28)16(24)4-5-17(13)26-20/h4-5,7-8,31H,2-3,6,9-10,24H2,1H3,(H2,25,28)/t23-/m0/s1. The number of hydrogen-bond acceptors (Lipinski definition) is 7. The number of fused-ring (bicyclic) bond motifs is 5. The van der Waals surface area contributed by atoms with Gasteiger partial charge in [0.05, 0.1) is 29.0 Å². The molecule has 32 heavy (non-hydrogen) atoms. The largest absolute Gasteiger partial charge is 0.458 e. The van der Waals surface area contributed by atoms with Crippen LogP contribution in [-0.4, -0.2) is 26.5 Å². The van der Waals surface area contributed by atoms with Crippen LogP contribution in [0.4, 0.5) is 5.69 Å². The number of nitrogens with zero attached hydrogens (tertiary/aromatic N) is 2. The number of aromatic nitrogens is 2. The SMILES string of the molecule is CC[C@@]1(O)C(=O)OCc2c1cc1n(c2=O)Cc2cc3c(CCC(N)=O)c(N)ccc3nc2-1. The van der Waals surface area contributed by atoms with E-state index in [4.69, 9.17) is 21.2 Å². The lowest BCUT2D eigenvalue weighted by Crippen LogP contribution is -2.44. The minimum absolute atomic E-state index is 0.0855. The number of primary amides is 1. The highest BCUT2D eigenvalue weighted by atomic mass is 16.6. The van der Waals surface area contributed by atoms with Crippen molar-refractivity contribution in [2.45, 2.75) is 44.9 Å². The van der Waals surface area contributed by atoms with Crippen LogP contribution in [0.5, 0.6) is 0 Å². The normalized spacial score (nSPS) is 18.8. The number of aliphatic hydroxyl groups is 1. The van der Waals surface area contributed by atoms with Crippen LogP contribution in [0.2, 0.25) is 0 Å². The molecule has 3 aromatic rings. The van der Waals surface area contributed by atoms with Gasteiger partial charge in [-0.3, -0.25) is 9.59 Å². The van der Waals surface area contributed by atoms with E-state index in [0.717, 1.165) is 16.5 Å². The summed E-state index contributed by atoms with van der Waals surface area (Å²) in [5, 5.41) is 11.8. The van der Waals surface area contributed by atoms with Crippen LogP contribution in [0, 0.1) is 0 Å². The van der Waals surface area contributed by atoms with Crippen LogP contribution in [-0.2, 0) is 39.5 Å². The maximum Gasteiger partial charge on any atom is 0.343 e. The van der Waals surface area contributed by atoms with E-state index in [1.165, 1.54) is 0 Å². The number of carbonyl (C=O) groups is 2. The zero-order valence-electron chi connectivity index (χ0n) is 17.5. The number of nitrogen functional groups attached to an aromatic ring is 1. The van der Waals surface area contributed by atoms with E-state index in [9.17, 15) is 19.5 Å². The molecular weight excluding hydrogens is 412 g/mol. The maximum atomic E-state index is 13.2. The van der Waals surface area contributed by atoms with Crippen molar-refractivity contribution in [3.8, 4) is 11.4 Å². The minimum atomic E-state index is -1.86. The van der Waals surface area contributed by atoms with Gasteiger partial charge in [-0.05, 0) is 42.7 Å². The Morgan fingerprint density at radius 3 is 2.81 bits per heavy atom. The number of carbonyl (C=O) groups excluding carboxylic acids is 2. The molecule has 164 valence electrons. The Morgan fingerprint density at radius 2 is 2.09 bits per heavy atom. The first-order chi connectivity index (χ1) is 15.2. The molecule has 0 bridgehead atoms. The highest BCUT2D eigenvalue weighted by molar-refractivity contribution is 5.91. The second-order valence-electron chi connectivity index (χ2n) is 8.27. The van der Waals surface area contributed by atoms with E-state index in [2.05, 4.69) is 0 Å². The van der Waals surface area contributed by atoms with Crippen LogP contribution in [0.25, 0.3) is 22.3 Å². The molecule has 2 aliphatic rings. The van der Waals surface area contributed by atoms with Crippen LogP contribution >= 0.6 is 0 Å². The molecule has 0 saturated heterocycles. The molecule has 5 rings (SSSR count). The Bertz CT molecular complexity index is 1390. The molecule has 9 heteroatoms. The number of anilines is 1. The maximum absolute atomic E-state index is 13.2. The van der Waals surface area contributed by atoms with Crippen LogP contribution < -0.4 is 17.0 Å². The summed E-state index contributed by atoms with van der Waals surface area (Å²) in [6.07, 6.45) is 0.641. The third-order valence-electron chi connectivity index (χ3n) is 6.46. The Labute approximate surface area is 182 Å². The summed E-state index contributed by atoms with van der Waals surface area (Å²) in [5.74, 6) is -1.17. The van der Waals surface area contributed by atoms with Crippen LogP contribution in [0.3, 0.4) is 0 Å². The average Bonchev–Trinajstić information content (AvgIpc) is 3.12. The van der Waals surface area contributed by atoms with Crippen molar-refractivity contribution in [1.29, 1.82) is 0 Å². The lowest BCUT2D eigenvalue weighted by Gasteiger charge is -2.31. The van der Waals surface area contributed by atoms with E-state index in [1.54, 1.807) is 29.7 Å². The predicted molar refractivity (Wildman–Crippen MR) is 116 cm³/mol. The first kappa shape index (κ1) is 20.2. The Balaban J connectivity index is 1.71. The first-order valence-electron chi connectivity index (χ1n) is 10.4. The average molecular weight is 434 g/mol. The lowest BCUT2D eigenvalue weighted by molar-refractivity contribution is -0.172. The van der Waals surface area contributed by atoms with Gasteiger partial charge in [0.15, 0.2) is 5.60 Å². The third-order valence-corrected chi connectivity index (χ3v) is 6.46. The van der Waals surface area contributed by atoms with E-state index >= 15 is 0 Å². The van der Waals surface area contributed by atoms with Gasteiger partial charge in [0.25, 0.3) is 5.56 Å². The fraction of sp³-hybridized carbons (Fsp3) is 0.304. The molecule has 0 fully saturated rings. The highest BCUT2D eigenvalue weighted by Gasteiger charge is 2.45. The molecule has 0 unspecified atom stereocenters. The van der Waals surface area contributed by atoms with E-state index in [1.807, 2.05) is 6.07 Å². The highest BCUT2D eigenvalue weighted by Crippen LogP contribution is 2.39. The van der Waals surface area contributed by atoms with Crippen molar-refractivity contribution in [2.75, 3.05) is 5.73 Å². The Morgan fingerprint density at radius 1 is 1.31 bits per heavy atom. The number of amides is 1. The molecule has 5 N–H and O–H groups in total. The fourth-order valence-electron chi connectivity index (χ4n) is 4.66. The topological polar surface area (TPSA) is 151 Å². The lowest BCUT2D eigenvalue weighted by atomic mass is 9.86. The van der Waals surface area contributed by atoms with Crippen LogP contribution in [0.15, 0.2) is 29.1 Å². The zero-order valence-corrected chi connectivity index (χ0v) is 17.5. The second-order valence-corrected chi connectivity index (χ2v) is 8.27. The van der Waals surface area contributed by atoms with Crippen LogP contribution in [0.1, 0.15) is 42.0 Å². The summed E-state index contributed by atoms with van der Waals surface area (Å²) in [6, 6.07) is 7.14. The fourth-order valence-corrected chi connectivity index (χ4v) is 4.66. The summed E-state index contributed by atoms with van der Waals surface area (Å²) in [5.41, 5.74) is 13.8. The quantitative estimate of drug-likeness (QED) is 0.321. The molecule has 0 radical (unpaired) electrons. The van der Waals surface area contributed by atoms with Crippen molar-refractivity contribution in [3.05, 3.63) is 56.9 Å². The molecule has 0 saturated carbocycles. The molecule has 2 aliphatic heterocycles. The number of nitrogens with two attached hydrogens (primary N) is 2. The molecule has 0 spiro atoms. The van der Waals surface area contributed by atoms with Gasteiger partial charge in [-0.1, -0.05) is 6.92 Å². The predicted octanol–water partition coefficient (Wildman–Crippen LogP) is 1.08. The summed E-state index contributed by atoms with van der Waals surface area (Å²) in [4.78, 5) is 41.6. The van der Waals surface area contributed by atoms with Gasteiger partial charge in [0.2, 0.25) is 5.91 Å². The summed E-state index contributed by atoms with van der Waals surface area (Å²) < 4.78 is 6.68. The van der Waals surface area contributed by atoms with E-state index in [-0.39, 0.29) is 36.1 Å². The number of pyridine rings is 2. The van der Waals surface area contributed by atoms with E-state index < -0.39 is 17.5 Å². The van der Waals surface area contributed by atoms with Gasteiger partial charge >= 0.3 is 5.97 Å². The Hall–Kier alpha value is -3.72. The molecule has 1 aromatic carbocycles. The van der Waals surface area contributed by atoms with Gasteiger partial charge < -0.3 is 25.9 Å². The van der Waals surface area contributed by atoms with Gasteiger partial charge in [0, 0.05) is 28.6 Å². The number of esters is 1. The second kappa shape index (κ2) is 6.89. The number of benzene rings is 1. The van der Waals surface area contributed by atoms with Crippen molar-refractivity contribution in [2.24, 2.45) is 5.73 Å². The number of ether oxygens (including phenoxy) is 1. The molecule has 4 heterocycles. The van der Waals surface area contributed by atoms with Crippen molar-refractivity contribution < 1.29 is 19.4 Å². The van der Waals surface area contributed by atoms with Crippen molar-refractivity contribution in [1.82, 2.24) is 9.55 Å². The van der Waals surface area contributed by atoms with Crippen molar-refractivity contribution in [3.63, 3.8) is 0 Å². The monoisotopic (exact) mass is 434 g/mol. The number of rotatable bonds is 4. The minimum Gasteiger partial charge on any atom is -0.458 e. The number of cyclic esters (lactones) is 1. The van der Waals surface area contributed by atoms with Crippen molar-refractivity contribution >= 4 is 28.5 Å². The number of aryl methyl sites for hydroxylation is 1. The van der Waals surface area contributed by atoms with Gasteiger partial charge in [-0.15, -0.1) is 0 Å². The number of hydrogen-bond donors (Lipinski definition) is 3. The summed E-state index contributed by atoms with van der Waals surface area (Å²) in [6.45, 7) is 1.79. The molecule has 9 nitrogen and oxygen atoms in total. The third kappa shape index (κ3) is 2.74. The summed E-state index contributed by atoms with van der Waals surface area (Å²) >= 11 is 0. The van der Waals surface area contributed by atoms with Gasteiger partial charge in [0.1, 0.15) is 6.61 Å². The molecule has 1 atom stereocenters. The zero-order chi connectivity index (χ0) is 22.8. The molecule has 2 aromatic heterocycles. The van der Waals surface area contributed by atoms with E-state index in [0.29, 0.717) is 35.6 Å². The smallest absolute Gasteiger partial charge is 0.343 e. The molecule has 1 amide bonds. The van der Waals surface area contributed by atoms with Gasteiger partial charge in [-0.25, -0.2) is 9.78 Å². The molecular formula is C23H22N4O5. The van der Waals surface area contributed by atoms with Gasteiger partial charge in [-0.2, -0.15) is 0 Å².